The van der Waals surface area contributed by atoms with Crippen molar-refractivity contribution < 1.29 is 4.79 Å². The minimum absolute atomic E-state index is 0. The lowest BCUT2D eigenvalue weighted by atomic mass is 10.1. The van der Waals surface area contributed by atoms with Gasteiger partial charge in [0.05, 0.1) is 12.6 Å². The van der Waals surface area contributed by atoms with E-state index in [1.54, 1.807) is 11.3 Å². The number of rotatable bonds is 4. The number of nitrogens with one attached hydrogen (secondary N) is 1. The third kappa shape index (κ3) is 5.10. The summed E-state index contributed by atoms with van der Waals surface area (Å²) in [6.07, 6.45) is 1.99. The maximum absolute atomic E-state index is 11.9. The lowest BCUT2D eigenvalue weighted by Gasteiger charge is -2.29. The molecule has 6 heteroatoms. The Morgan fingerprint density at radius 2 is 2.26 bits per heavy atom. The predicted octanol–water partition coefficient (Wildman–Crippen LogP) is 1.77. The molecule has 0 radical (unpaired) electrons. The third-order valence-corrected chi connectivity index (χ3v) is 4.40. The van der Waals surface area contributed by atoms with Crippen LogP contribution >= 0.6 is 23.7 Å². The van der Waals surface area contributed by atoms with E-state index >= 15 is 0 Å². The summed E-state index contributed by atoms with van der Waals surface area (Å²) in [5, 5.41) is 5.07. The van der Waals surface area contributed by atoms with Crippen LogP contribution in [0, 0.1) is 0 Å². The number of halogens is 1. The minimum Gasteiger partial charge on any atom is -0.348 e. The van der Waals surface area contributed by atoms with E-state index in [4.69, 9.17) is 5.73 Å². The summed E-state index contributed by atoms with van der Waals surface area (Å²) >= 11 is 1.67. The van der Waals surface area contributed by atoms with Crippen molar-refractivity contribution in [2.45, 2.75) is 31.8 Å². The number of nitrogens with two attached hydrogens (primary N) is 1. The predicted molar refractivity (Wildman–Crippen MR) is 81.8 cm³/mol. The van der Waals surface area contributed by atoms with Gasteiger partial charge in [0.2, 0.25) is 5.91 Å². The van der Waals surface area contributed by atoms with Crippen molar-refractivity contribution in [2.75, 3.05) is 19.6 Å². The highest BCUT2D eigenvalue weighted by Crippen LogP contribution is 2.18. The molecular formula is C13H22ClN3OS. The summed E-state index contributed by atoms with van der Waals surface area (Å²) in [6.45, 7) is 4.38. The minimum atomic E-state index is 0. The quantitative estimate of drug-likeness (QED) is 0.891. The zero-order chi connectivity index (χ0) is 13.0. The maximum Gasteiger partial charge on any atom is 0.234 e. The van der Waals surface area contributed by atoms with Gasteiger partial charge in [-0.2, -0.15) is 0 Å². The van der Waals surface area contributed by atoms with Crippen LogP contribution in [0.5, 0.6) is 0 Å². The van der Waals surface area contributed by atoms with Crippen molar-refractivity contribution in [3.05, 3.63) is 22.4 Å². The van der Waals surface area contributed by atoms with Crippen LogP contribution in [-0.4, -0.2) is 36.5 Å². The smallest absolute Gasteiger partial charge is 0.234 e. The van der Waals surface area contributed by atoms with Crippen molar-refractivity contribution >= 4 is 29.7 Å². The molecular weight excluding hydrogens is 282 g/mol. The fourth-order valence-corrected chi connectivity index (χ4v) is 2.94. The molecule has 1 amide bonds. The highest BCUT2D eigenvalue weighted by Gasteiger charge is 2.19. The molecule has 2 heterocycles. The van der Waals surface area contributed by atoms with Gasteiger partial charge < -0.3 is 11.1 Å². The number of nitrogens with zero attached hydrogens (tertiary/aromatic N) is 1. The van der Waals surface area contributed by atoms with Crippen LogP contribution < -0.4 is 11.1 Å². The molecule has 2 rings (SSSR count). The fourth-order valence-electron chi connectivity index (χ4n) is 2.21. The highest BCUT2D eigenvalue weighted by atomic mass is 35.5. The monoisotopic (exact) mass is 303 g/mol. The number of carbonyl (C=O) groups excluding carboxylic acids is 1. The summed E-state index contributed by atoms with van der Waals surface area (Å²) in [7, 11) is 0. The first-order valence-electron chi connectivity index (χ1n) is 6.46. The van der Waals surface area contributed by atoms with Gasteiger partial charge in [0, 0.05) is 24.0 Å². The second kappa shape index (κ2) is 7.85. The van der Waals surface area contributed by atoms with Gasteiger partial charge in [-0.15, -0.1) is 23.7 Å². The molecule has 4 nitrogen and oxygen atoms in total. The van der Waals surface area contributed by atoms with Gasteiger partial charge in [0.1, 0.15) is 0 Å². The molecule has 1 fully saturated rings. The number of piperidine rings is 1. The van der Waals surface area contributed by atoms with E-state index in [0.717, 1.165) is 25.9 Å². The van der Waals surface area contributed by atoms with Crippen molar-refractivity contribution in [1.82, 2.24) is 10.2 Å². The standard InChI is InChI=1S/C13H21N3OS.ClH/c1-10(12-3-2-8-18-12)15-13(17)9-16-6-4-11(14)5-7-16;/h2-3,8,10-11H,4-7,9,14H2,1H3,(H,15,17);1H. The number of thiophene rings is 1. The molecule has 0 aromatic carbocycles. The molecule has 108 valence electrons. The molecule has 0 spiro atoms. The van der Waals surface area contributed by atoms with Crippen LogP contribution in [0.1, 0.15) is 30.7 Å². The van der Waals surface area contributed by atoms with Crippen molar-refractivity contribution in [1.29, 1.82) is 0 Å². The first kappa shape index (κ1) is 16.4. The number of amides is 1. The van der Waals surface area contributed by atoms with Crippen molar-refractivity contribution in [3.8, 4) is 0 Å². The average Bonchev–Trinajstić information content (AvgIpc) is 2.85. The Balaban J connectivity index is 0.00000180. The van der Waals surface area contributed by atoms with Gasteiger partial charge in [0.15, 0.2) is 0 Å². The number of carbonyl (C=O) groups is 1. The van der Waals surface area contributed by atoms with Crippen LogP contribution in [0.3, 0.4) is 0 Å². The molecule has 1 aromatic heterocycles. The second-order valence-corrected chi connectivity index (χ2v) is 5.90. The van der Waals surface area contributed by atoms with Crippen LogP contribution in [0.2, 0.25) is 0 Å². The van der Waals surface area contributed by atoms with E-state index in [-0.39, 0.29) is 24.4 Å². The second-order valence-electron chi connectivity index (χ2n) is 4.92. The Labute approximate surface area is 124 Å². The maximum atomic E-state index is 11.9. The molecule has 0 aliphatic carbocycles. The van der Waals surface area contributed by atoms with E-state index < -0.39 is 0 Å². The van der Waals surface area contributed by atoms with Crippen LogP contribution in [0.4, 0.5) is 0 Å². The normalized spacial score (nSPS) is 18.6. The molecule has 0 saturated carbocycles. The SMILES string of the molecule is CC(NC(=O)CN1CCC(N)CC1)c1cccs1.Cl. The van der Waals surface area contributed by atoms with Crippen molar-refractivity contribution in [2.24, 2.45) is 5.73 Å². The topological polar surface area (TPSA) is 58.4 Å². The first-order chi connectivity index (χ1) is 8.65. The zero-order valence-electron chi connectivity index (χ0n) is 11.2. The molecule has 0 bridgehead atoms. The summed E-state index contributed by atoms with van der Waals surface area (Å²) in [5.74, 6) is 0.103. The van der Waals surface area contributed by atoms with Crippen molar-refractivity contribution in [3.63, 3.8) is 0 Å². The Morgan fingerprint density at radius 3 is 2.84 bits per heavy atom. The van der Waals surface area contributed by atoms with Gasteiger partial charge in [-0.3, -0.25) is 9.69 Å². The Bertz CT molecular complexity index is 377. The van der Waals surface area contributed by atoms with Gasteiger partial charge in [-0.1, -0.05) is 6.07 Å². The van der Waals surface area contributed by atoms with Gasteiger partial charge >= 0.3 is 0 Å². The number of hydrogen-bond acceptors (Lipinski definition) is 4. The van der Waals surface area contributed by atoms with E-state index in [1.165, 1.54) is 4.88 Å². The highest BCUT2D eigenvalue weighted by molar-refractivity contribution is 7.10. The van der Waals surface area contributed by atoms with Gasteiger partial charge in [-0.05, 0) is 31.2 Å². The molecule has 1 aliphatic heterocycles. The number of likely N-dealkylation sites (tertiary alicyclic amines) is 1. The van der Waals surface area contributed by atoms with Crippen LogP contribution in [0.15, 0.2) is 17.5 Å². The van der Waals surface area contributed by atoms with E-state index in [9.17, 15) is 4.79 Å². The lowest BCUT2D eigenvalue weighted by Crippen LogP contribution is -2.44. The largest absolute Gasteiger partial charge is 0.348 e. The Hall–Kier alpha value is -0.620. The Kier molecular flexibility index (Phi) is 6.79. The summed E-state index contributed by atoms with van der Waals surface area (Å²) in [5.41, 5.74) is 5.85. The molecule has 19 heavy (non-hydrogen) atoms. The van der Waals surface area contributed by atoms with E-state index in [0.29, 0.717) is 12.6 Å². The molecule has 1 saturated heterocycles. The first-order valence-corrected chi connectivity index (χ1v) is 7.34. The average molecular weight is 304 g/mol. The summed E-state index contributed by atoms with van der Waals surface area (Å²) in [4.78, 5) is 15.3. The Morgan fingerprint density at radius 1 is 1.58 bits per heavy atom. The lowest BCUT2D eigenvalue weighted by molar-refractivity contribution is -0.123. The van der Waals surface area contributed by atoms with Gasteiger partial charge in [-0.25, -0.2) is 0 Å². The van der Waals surface area contributed by atoms with Crippen LogP contribution in [0.25, 0.3) is 0 Å². The molecule has 3 N–H and O–H groups in total. The van der Waals surface area contributed by atoms with E-state index in [1.807, 2.05) is 18.4 Å². The number of hydrogen-bond donors (Lipinski definition) is 2. The molecule has 1 aromatic rings. The van der Waals surface area contributed by atoms with Gasteiger partial charge in [0.25, 0.3) is 0 Å². The van der Waals surface area contributed by atoms with Crippen LogP contribution in [-0.2, 0) is 4.79 Å². The zero-order valence-corrected chi connectivity index (χ0v) is 12.8. The summed E-state index contributed by atoms with van der Waals surface area (Å²) in [6, 6.07) is 4.48. The molecule has 1 unspecified atom stereocenters. The fraction of sp³-hybridized carbons (Fsp3) is 0.615. The summed E-state index contributed by atoms with van der Waals surface area (Å²) < 4.78 is 0. The van der Waals surface area contributed by atoms with E-state index in [2.05, 4.69) is 16.3 Å². The molecule has 1 atom stereocenters. The third-order valence-electron chi connectivity index (χ3n) is 3.35. The molecule has 1 aliphatic rings.